The van der Waals surface area contributed by atoms with Crippen LogP contribution < -0.4 is 0 Å². The van der Waals surface area contributed by atoms with E-state index in [4.69, 9.17) is 5.11 Å². The number of rotatable bonds is 0. The van der Waals surface area contributed by atoms with E-state index >= 15 is 0 Å². The minimum absolute atomic E-state index is 0.755. The van der Waals surface area contributed by atoms with Crippen LogP contribution in [0, 0.1) is 0 Å². The van der Waals surface area contributed by atoms with Gasteiger partial charge in [-0.15, -0.1) is 0 Å². The molecule has 0 radical (unpaired) electrons. The summed E-state index contributed by atoms with van der Waals surface area (Å²) in [6, 6.07) is 13.5. The molecular weight excluding hydrogens is 202 g/mol. The van der Waals surface area contributed by atoms with E-state index in [-0.39, 0.29) is 0 Å². The summed E-state index contributed by atoms with van der Waals surface area (Å²) in [5, 5.41) is 12.1. The monoisotopic (exact) mass is 211 g/mol. The third-order valence-corrected chi connectivity index (χ3v) is 2.78. The molecule has 3 aromatic rings. The molecule has 3 heteroatoms. The molecule has 0 saturated carbocycles. The summed E-state index contributed by atoms with van der Waals surface area (Å²) in [6.07, 6.45) is 0.630. The molecule has 1 N–H and O–H groups in total. The van der Waals surface area contributed by atoms with Crippen LogP contribution >= 0.6 is 0 Å². The van der Waals surface area contributed by atoms with E-state index in [1.54, 1.807) is 6.20 Å². The molecule has 16 heavy (non-hydrogen) atoms. The third-order valence-electron chi connectivity index (χ3n) is 2.78. The number of aromatic nitrogens is 1. The molecule has 0 saturated heterocycles. The Morgan fingerprint density at radius 3 is 2.56 bits per heavy atom. The van der Waals surface area contributed by atoms with E-state index in [2.05, 4.69) is 0 Å². The van der Waals surface area contributed by atoms with Crippen LogP contribution in [0.3, 0.4) is 0 Å². The summed E-state index contributed by atoms with van der Waals surface area (Å²) in [4.78, 5) is 11.1. The first-order chi connectivity index (χ1) is 7.77. The highest BCUT2D eigenvalue weighted by molar-refractivity contribution is 6.08. The lowest BCUT2D eigenvalue weighted by atomic mass is 10.1. The summed E-state index contributed by atoms with van der Waals surface area (Å²) >= 11 is 0. The van der Waals surface area contributed by atoms with Crippen molar-refractivity contribution in [1.82, 2.24) is 4.57 Å². The van der Waals surface area contributed by atoms with Crippen molar-refractivity contribution in [2.45, 2.75) is 0 Å². The van der Waals surface area contributed by atoms with Gasteiger partial charge in [0, 0.05) is 17.0 Å². The van der Waals surface area contributed by atoms with Gasteiger partial charge in [0.25, 0.3) is 0 Å². The quantitative estimate of drug-likeness (QED) is 0.619. The Hall–Kier alpha value is -2.29. The minimum atomic E-state index is -0.952. The standard InChI is InChI=1S/C13H9NO2/c15-13(16)14-8-7-10-6-5-9-3-1-2-4-11(9)12(10)14/h1-8H,(H,15,16). The Balaban J connectivity index is 2.56. The van der Waals surface area contributed by atoms with Crippen LogP contribution in [-0.2, 0) is 0 Å². The zero-order chi connectivity index (χ0) is 11.1. The van der Waals surface area contributed by atoms with Gasteiger partial charge in [0.1, 0.15) is 0 Å². The number of fused-ring (bicyclic) bond motifs is 3. The van der Waals surface area contributed by atoms with Crippen molar-refractivity contribution < 1.29 is 9.90 Å². The Labute approximate surface area is 91.5 Å². The Kier molecular flexibility index (Phi) is 1.74. The Morgan fingerprint density at radius 2 is 1.75 bits per heavy atom. The zero-order valence-electron chi connectivity index (χ0n) is 8.42. The predicted molar refractivity (Wildman–Crippen MR) is 62.9 cm³/mol. The molecule has 0 aliphatic rings. The van der Waals surface area contributed by atoms with E-state index < -0.39 is 6.09 Å². The lowest BCUT2D eigenvalue weighted by Crippen LogP contribution is -2.05. The molecule has 78 valence electrons. The topological polar surface area (TPSA) is 42.2 Å². The molecule has 0 amide bonds. The number of carbonyl (C=O) groups is 1. The summed E-state index contributed by atoms with van der Waals surface area (Å²) in [5.74, 6) is 0. The van der Waals surface area contributed by atoms with Crippen LogP contribution in [0.2, 0.25) is 0 Å². The first-order valence-corrected chi connectivity index (χ1v) is 4.99. The number of hydrogen-bond acceptors (Lipinski definition) is 1. The summed E-state index contributed by atoms with van der Waals surface area (Å²) < 4.78 is 1.26. The van der Waals surface area contributed by atoms with Crippen molar-refractivity contribution in [3.63, 3.8) is 0 Å². The Bertz CT molecular complexity index is 697. The van der Waals surface area contributed by atoms with Gasteiger partial charge < -0.3 is 5.11 Å². The van der Waals surface area contributed by atoms with Gasteiger partial charge in [0.2, 0.25) is 0 Å². The lowest BCUT2D eigenvalue weighted by Gasteiger charge is -2.02. The highest BCUT2D eigenvalue weighted by Gasteiger charge is 2.09. The highest BCUT2D eigenvalue weighted by Crippen LogP contribution is 2.25. The molecule has 0 aliphatic heterocycles. The molecule has 2 aromatic carbocycles. The van der Waals surface area contributed by atoms with Gasteiger partial charge in [-0.1, -0.05) is 36.4 Å². The first-order valence-electron chi connectivity index (χ1n) is 4.99. The maximum Gasteiger partial charge on any atom is 0.416 e. The van der Waals surface area contributed by atoms with E-state index in [9.17, 15) is 4.79 Å². The lowest BCUT2D eigenvalue weighted by molar-refractivity contribution is 0.197. The zero-order valence-corrected chi connectivity index (χ0v) is 8.42. The second-order valence-corrected chi connectivity index (χ2v) is 3.69. The second-order valence-electron chi connectivity index (χ2n) is 3.69. The molecule has 3 nitrogen and oxygen atoms in total. The van der Waals surface area contributed by atoms with Crippen LogP contribution in [0.5, 0.6) is 0 Å². The van der Waals surface area contributed by atoms with Crippen molar-refractivity contribution in [3.05, 3.63) is 48.7 Å². The average molecular weight is 211 g/mol. The smallest absolute Gasteiger partial charge is 0.416 e. The van der Waals surface area contributed by atoms with Gasteiger partial charge in [-0.05, 0) is 11.5 Å². The molecule has 3 rings (SSSR count). The van der Waals surface area contributed by atoms with Gasteiger partial charge in [-0.25, -0.2) is 4.79 Å². The molecule has 0 unspecified atom stereocenters. The number of nitrogens with zero attached hydrogens (tertiary/aromatic N) is 1. The molecule has 0 aliphatic carbocycles. The van der Waals surface area contributed by atoms with Gasteiger partial charge in [0.05, 0.1) is 5.52 Å². The van der Waals surface area contributed by atoms with Gasteiger partial charge >= 0.3 is 6.09 Å². The van der Waals surface area contributed by atoms with Crippen molar-refractivity contribution in [3.8, 4) is 0 Å². The number of hydrogen-bond donors (Lipinski definition) is 1. The van der Waals surface area contributed by atoms with Crippen LogP contribution in [0.4, 0.5) is 4.79 Å². The molecule has 1 heterocycles. The van der Waals surface area contributed by atoms with Crippen LogP contribution in [0.25, 0.3) is 21.7 Å². The molecule has 0 bridgehead atoms. The van der Waals surface area contributed by atoms with Gasteiger partial charge in [0.15, 0.2) is 0 Å². The molecule has 0 spiro atoms. The fourth-order valence-electron chi connectivity index (χ4n) is 2.06. The van der Waals surface area contributed by atoms with Crippen LogP contribution in [-0.4, -0.2) is 15.8 Å². The largest absolute Gasteiger partial charge is 0.464 e. The Morgan fingerprint density at radius 1 is 1.00 bits per heavy atom. The van der Waals surface area contributed by atoms with Crippen molar-refractivity contribution in [2.75, 3.05) is 0 Å². The van der Waals surface area contributed by atoms with E-state index in [0.717, 1.165) is 21.7 Å². The molecule has 1 aromatic heterocycles. The minimum Gasteiger partial charge on any atom is -0.464 e. The van der Waals surface area contributed by atoms with Crippen LogP contribution in [0.1, 0.15) is 0 Å². The SMILES string of the molecule is O=C(O)n1ccc2ccc3ccccc3c21. The fourth-order valence-corrected chi connectivity index (χ4v) is 2.06. The second kappa shape index (κ2) is 3.10. The predicted octanol–water partition coefficient (Wildman–Crippen LogP) is 3.32. The number of carboxylic acid groups (broad SMARTS) is 1. The van der Waals surface area contributed by atoms with E-state index in [0.29, 0.717) is 0 Å². The average Bonchev–Trinajstić information content (AvgIpc) is 2.73. The summed E-state index contributed by atoms with van der Waals surface area (Å²) in [5.41, 5.74) is 0.755. The summed E-state index contributed by atoms with van der Waals surface area (Å²) in [6.45, 7) is 0. The van der Waals surface area contributed by atoms with E-state index in [1.807, 2.05) is 42.5 Å². The first kappa shape index (κ1) is 8.97. The van der Waals surface area contributed by atoms with Crippen molar-refractivity contribution in [1.29, 1.82) is 0 Å². The van der Waals surface area contributed by atoms with Crippen molar-refractivity contribution >= 4 is 27.8 Å². The number of benzene rings is 2. The maximum absolute atomic E-state index is 11.1. The van der Waals surface area contributed by atoms with Crippen LogP contribution in [0.15, 0.2) is 48.7 Å². The normalized spacial score (nSPS) is 11.0. The fraction of sp³-hybridized carbons (Fsp3) is 0. The van der Waals surface area contributed by atoms with Gasteiger partial charge in [-0.2, -0.15) is 0 Å². The van der Waals surface area contributed by atoms with Crippen molar-refractivity contribution in [2.24, 2.45) is 0 Å². The highest BCUT2D eigenvalue weighted by atomic mass is 16.4. The van der Waals surface area contributed by atoms with Gasteiger partial charge in [-0.3, -0.25) is 4.57 Å². The molecule has 0 atom stereocenters. The maximum atomic E-state index is 11.1. The summed E-state index contributed by atoms with van der Waals surface area (Å²) in [7, 11) is 0. The van der Waals surface area contributed by atoms with E-state index in [1.165, 1.54) is 4.57 Å². The third kappa shape index (κ3) is 1.11. The molecule has 0 fully saturated rings. The molecular formula is C13H9NO2.